The van der Waals surface area contributed by atoms with Gasteiger partial charge in [-0.15, -0.1) is 0 Å². The molecular weight excluding hydrogens is 270 g/mol. The summed E-state index contributed by atoms with van der Waals surface area (Å²) in [5.74, 6) is 1.61. The fourth-order valence-corrected chi connectivity index (χ4v) is 2.51. The maximum Gasteiger partial charge on any atom is 0.137 e. The number of halogens is 1. The summed E-state index contributed by atoms with van der Waals surface area (Å²) in [7, 11) is 0. The highest BCUT2D eigenvalue weighted by molar-refractivity contribution is 6.29. The van der Waals surface area contributed by atoms with E-state index in [1.165, 1.54) is 25.7 Å². The van der Waals surface area contributed by atoms with Crippen molar-refractivity contribution in [3.05, 3.63) is 28.7 Å². The van der Waals surface area contributed by atoms with Gasteiger partial charge in [0.25, 0.3) is 0 Å². The van der Waals surface area contributed by atoms with E-state index in [1.807, 2.05) is 0 Å². The zero-order valence-corrected chi connectivity index (χ0v) is 13.4. The van der Waals surface area contributed by atoms with Gasteiger partial charge in [-0.1, -0.05) is 44.0 Å². The van der Waals surface area contributed by atoms with Gasteiger partial charge in [0, 0.05) is 18.0 Å². The number of allylic oxidation sites excluding steroid dienone is 1. The van der Waals surface area contributed by atoms with Gasteiger partial charge in [0.2, 0.25) is 0 Å². The molecule has 110 valence electrons. The maximum atomic E-state index is 6.08. The molecule has 1 aromatic rings. The summed E-state index contributed by atoms with van der Waals surface area (Å²) in [6, 6.07) is 1.80. The molecule has 0 unspecified atom stereocenters. The van der Waals surface area contributed by atoms with Gasteiger partial charge in [-0.3, -0.25) is 0 Å². The number of rotatable bonds is 4. The highest BCUT2D eigenvalue weighted by Gasteiger charge is 2.18. The summed E-state index contributed by atoms with van der Waals surface area (Å²) in [6.07, 6.45) is 8.64. The molecule has 20 heavy (non-hydrogen) atoms. The average Bonchev–Trinajstić information content (AvgIpc) is 2.38. The lowest BCUT2D eigenvalue weighted by atomic mass is 9.96. The zero-order chi connectivity index (χ0) is 14.6. The van der Waals surface area contributed by atoms with Crippen molar-refractivity contribution >= 4 is 17.4 Å². The molecule has 0 spiro atoms. The standard InChI is InChI=1S/C16H24ClN3/c1-16(2,3)15-19-13(17)11-14(20-15)18-10-9-12-7-5-4-6-8-12/h7,11H,4-6,8-10H2,1-3H3,(H,18,19,20). The summed E-state index contributed by atoms with van der Waals surface area (Å²) in [6.45, 7) is 7.18. The molecule has 1 aliphatic rings. The third kappa shape index (κ3) is 4.48. The van der Waals surface area contributed by atoms with Crippen LogP contribution >= 0.6 is 11.6 Å². The molecule has 4 heteroatoms. The molecule has 1 heterocycles. The summed E-state index contributed by atoms with van der Waals surface area (Å²) in [5, 5.41) is 3.87. The van der Waals surface area contributed by atoms with Crippen LogP contribution < -0.4 is 5.32 Å². The smallest absolute Gasteiger partial charge is 0.137 e. The first-order valence-electron chi connectivity index (χ1n) is 7.42. The lowest BCUT2D eigenvalue weighted by Crippen LogP contribution is -2.17. The first kappa shape index (κ1) is 15.3. The van der Waals surface area contributed by atoms with Gasteiger partial charge < -0.3 is 5.32 Å². The Labute approximate surface area is 126 Å². The number of nitrogens with one attached hydrogen (secondary N) is 1. The van der Waals surface area contributed by atoms with Crippen LogP contribution in [0.4, 0.5) is 5.82 Å². The molecule has 0 bridgehead atoms. The van der Waals surface area contributed by atoms with Gasteiger partial charge in [-0.05, 0) is 32.1 Å². The number of aromatic nitrogens is 2. The topological polar surface area (TPSA) is 37.8 Å². The molecule has 3 nitrogen and oxygen atoms in total. The van der Waals surface area contributed by atoms with Crippen molar-refractivity contribution in [3.63, 3.8) is 0 Å². The second-order valence-electron chi connectivity index (χ2n) is 6.43. The highest BCUT2D eigenvalue weighted by Crippen LogP contribution is 2.23. The second kappa shape index (κ2) is 6.57. The van der Waals surface area contributed by atoms with E-state index in [1.54, 1.807) is 11.6 Å². The van der Waals surface area contributed by atoms with Gasteiger partial charge in [-0.2, -0.15) is 0 Å². The van der Waals surface area contributed by atoms with Crippen molar-refractivity contribution in [2.45, 2.75) is 58.3 Å². The quantitative estimate of drug-likeness (QED) is 0.644. The van der Waals surface area contributed by atoms with E-state index < -0.39 is 0 Å². The molecule has 0 radical (unpaired) electrons. The summed E-state index contributed by atoms with van der Waals surface area (Å²) < 4.78 is 0. The van der Waals surface area contributed by atoms with Crippen LogP contribution in [0.15, 0.2) is 17.7 Å². The van der Waals surface area contributed by atoms with Gasteiger partial charge in [0.1, 0.15) is 16.8 Å². The molecule has 0 amide bonds. The van der Waals surface area contributed by atoms with E-state index in [0.29, 0.717) is 5.15 Å². The molecule has 0 atom stereocenters. The van der Waals surface area contributed by atoms with Gasteiger partial charge in [0.15, 0.2) is 0 Å². The Kier molecular flexibility index (Phi) is 5.03. The monoisotopic (exact) mass is 293 g/mol. The largest absolute Gasteiger partial charge is 0.370 e. The minimum Gasteiger partial charge on any atom is -0.370 e. The van der Waals surface area contributed by atoms with Crippen molar-refractivity contribution in [2.24, 2.45) is 0 Å². The normalized spacial score (nSPS) is 15.9. The van der Waals surface area contributed by atoms with E-state index in [0.717, 1.165) is 24.6 Å². The van der Waals surface area contributed by atoms with Crippen molar-refractivity contribution in [1.29, 1.82) is 0 Å². The molecule has 0 fully saturated rings. The Bertz CT molecular complexity index is 489. The van der Waals surface area contributed by atoms with E-state index >= 15 is 0 Å². The Morgan fingerprint density at radius 1 is 1.25 bits per heavy atom. The molecule has 2 rings (SSSR count). The summed E-state index contributed by atoms with van der Waals surface area (Å²) in [4.78, 5) is 8.87. The summed E-state index contributed by atoms with van der Waals surface area (Å²) >= 11 is 6.08. The lowest BCUT2D eigenvalue weighted by molar-refractivity contribution is 0.546. The van der Waals surface area contributed by atoms with Crippen LogP contribution in [0, 0.1) is 0 Å². The van der Waals surface area contributed by atoms with Crippen LogP contribution in [0.3, 0.4) is 0 Å². The first-order valence-corrected chi connectivity index (χ1v) is 7.80. The van der Waals surface area contributed by atoms with E-state index in [9.17, 15) is 0 Å². The third-order valence-corrected chi connectivity index (χ3v) is 3.70. The number of nitrogens with zero attached hydrogens (tertiary/aromatic N) is 2. The Morgan fingerprint density at radius 3 is 2.70 bits per heavy atom. The van der Waals surface area contributed by atoms with Crippen molar-refractivity contribution in [1.82, 2.24) is 9.97 Å². The Balaban J connectivity index is 1.95. The molecule has 1 aromatic heterocycles. The van der Waals surface area contributed by atoms with Gasteiger partial charge >= 0.3 is 0 Å². The van der Waals surface area contributed by atoms with Crippen LogP contribution in [0.5, 0.6) is 0 Å². The Hall–Kier alpha value is -1.09. The van der Waals surface area contributed by atoms with Gasteiger partial charge in [0.05, 0.1) is 0 Å². The molecular formula is C16H24ClN3. The number of hydrogen-bond acceptors (Lipinski definition) is 3. The predicted octanol–water partition coefficient (Wildman–Crippen LogP) is 4.73. The molecule has 0 saturated carbocycles. The van der Waals surface area contributed by atoms with Crippen LogP contribution in [-0.2, 0) is 5.41 Å². The van der Waals surface area contributed by atoms with E-state index in [-0.39, 0.29) is 5.41 Å². The Morgan fingerprint density at radius 2 is 2.05 bits per heavy atom. The SMILES string of the molecule is CC(C)(C)c1nc(Cl)cc(NCCC2=CCCCC2)n1. The third-order valence-electron chi connectivity index (χ3n) is 3.50. The van der Waals surface area contributed by atoms with Gasteiger partial charge in [-0.25, -0.2) is 9.97 Å². The van der Waals surface area contributed by atoms with Crippen molar-refractivity contribution < 1.29 is 0 Å². The predicted molar refractivity (Wildman–Crippen MR) is 85.4 cm³/mol. The van der Waals surface area contributed by atoms with E-state index in [2.05, 4.69) is 42.1 Å². The second-order valence-corrected chi connectivity index (χ2v) is 6.82. The van der Waals surface area contributed by atoms with Crippen molar-refractivity contribution in [2.75, 3.05) is 11.9 Å². The van der Waals surface area contributed by atoms with E-state index in [4.69, 9.17) is 11.6 Å². The molecule has 1 N–H and O–H groups in total. The maximum absolute atomic E-state index is 6.08. The fourth-order valence-electron chi connectivity index (χ4n) is 2.33. The lowest BCUT2D eigenvalue weighted by Gasteiger charge is -2.18. The van der Waals surface area contributed by atoms with Crippen LogP contribution in [0.2, 0.25) is 5.15 Å². The molecule has 0 aliphatic heterocycles. The van der Waals surface area contributed by atoms with Crippen molar-refractivity contribution in [3.8, 4) is 0 Å². The van der Waals surface area contributed by atoms with Crippen LogP contribution in [0.1, 0.15) is 58.7 Å². The zero-order valence-electron chi connectivity index (χ0n) is 12.7. The molecule has 0 saturated heterocycles. The molecule has 1 aliphatic carbocycles. The van der Waals surface area contributed by atoms with Crippen LogP contribution in [0.25, 0.3) is 0 Å². The summed E-state index contributed by atoms with van der Waals surface area (Å²) in [5.41, 5.74) is 1.48. The fraction of sp³-hybridized carbons (Fsp3) is 0.625. The number of anilines is 1. The number of hydrogen-bond donors (Lipinski definition) is 1. The molecule has 0 aromatic carbocycles. The average molecular weight is 294 g/mol. The minimum absolute atomic E-state index is 0.0901. The first-order chi connectivity index (χ1) is 9.45. The highest BCUT2D eigenvalue weighted by atomic mass is 35.5. The van der Waals surface area contributed by atoms with Crippen LogP contribution in [-0.4, -0.2) is 16.5 Å². The minimum atomic E-state index is -0.0901.